The Morgan fingerprint density at radius 1 is 1.72 bits per heavy atom. The van der Waals surface area contributed by atoms with E-state index in [4.69, 9.17) is 10.5 Å². The van der Waals surface area contributed by atoms with Crippen LogP contribution in [0.25, 0.3) is 0 Å². The van der Waals surface area contributed by atoms with Crippen LogP contribution >= 0.6 is 0 Å². The molecule has 0 radical (unpaired) electrons. The van der Waals surface area contributed by atoms with E-state index in [1.54, 1.807) is 0 Å². The summed E-state index contributed by atoms with van der Waals surface area (Å²) in [6.07, 6.45) is 2.19. The number of nitrogens with zero attached hydrogens (tertiary/aromatic N) is 3. The zero-order chi connectivity index (χ0) is 13.1. The number of nitrogens with one attached hydrogen (secondary N) is 1. The van der Waals surface area contributed by atoms with Crippen molar-refractivity contribution in [2.45, 2.75) is 19.4 Å². The molecule has 2 heterocycles. The van der Waals surface area contributed by atoms with Crippen molar-refractivity contribution in [2.75, 3.05) is 24.2 Å². The lowest BCUT2D eigenvalue weighted by molar-refractivity contribution is -0.384. The van der Waals surface area contributed by atoms with E-state index in [2.05, 4.69) is 15.3 Å². The molecule has 8 nitrogen and oxygen atoms in total. The second-order valence-electron chi connectivity index (χ2n) is 4.22. The van der Waals surface area contributed by atoms with Gasteiger partial charge in [0, 0.05) is 19.1 Å². The van der Waals surface area contributed by atoms with Crippen LogP contribution in [0, 0.1) is 16.0 Å². The minimum Gasteiger partial charge on any atom is -0.378 e. The van der Waals surface area contributed by atoms with Crippen LogP contribution in [0.2, 0.25) is 0 Å². The molecular formula is C10H15N5O3. The van der Waals surface area contributed by atoms with Crippen LogP contribution in [0.5, 0.6) is 0 Å². The van der Waals surface area contributed by atoms with E-state index < -0.39 is 4.92 Å². The molecule has 18 heavy (non-hydrogen) atoms. The first-order valence-corrected chi connectivity index (χ1v) is 5.70. The van der Waals surface area contributed by atoms with Crippen molar-refractivity contribution in [1.82, 2.24) is 9.97 Å². The number of hydrogen-bond acceptors (Lipinski definition) is 7. The van der Waals surface area contributed by atoms with E-state index in [1.165, 1.54) is 0 Å². The van der Waals surface area contributed by atoms with Gasteiger partial charge in [-0.25, -0.2) is 4.98 Å². The number of ether oxygens (including phenoxy) is 1. The molecule has 1 fully saturated rings. The first-order valence-electron chi connectivity index (χ1n) is 5.70. The fraction of sp³-hybridized carbons (Fsp3) is 0.600. The smallest absolute Gasteiger partial charge is 0.329 e. The third-order valence-electron chi connectivity index (χ3n) is 3.05. The number of rotatable bonds is 4. The Morgan fingerprint density at radius 3 is 3.11 bits per heavy atom. The minimum atomic E-state index is -0.531. The Hall–Kier alpha value is -1.96. The topological polar surface area (TPSA) is 116 Å². The molecule has 2 unspecified atom stereocenters. The third-order valence-corrected chi connectivity index (χ3v) is 3.05. The monoisotopic (exact) mass is 253 g/mol. The lowest BCUT2D eigenvalue weighted by atomic mass is 10.0. The molecule has 1 aliphatic heterocycles. The molecule has 0 amide bonds. The lowest BCUT2D eigenvalue weighted by Gasteiger charge is -2.14. The van der Waals surface area contributed by atoms with Crippen molar-refractivity contribution in [2.24, 2.45) is 5.92 Å². The molecule has 2 rings (SSSR count). The zero-order valence-corrected chi connectivity index (χ0v) is 10.00. The van der Waals surface area contributed by atoms with Gasteiger partial charge >= 0.3 is 5.69 Å². The van der Waals surface area contributed by atoms with Crippen LogP contribution in [0.3, 0.4) is 0 Å². The standard InChI is InChI=1S/C10H15N5O3/c1-6-7(2-3-18-6)4-12-9-8(15(16)17)5-13-10(11)14-9/h5-7H,2-4H2,1H3,(H3,11,12,13,14). The van der Waals surface area contributed by atoms with Crippen LogP contribution in [0.4, 0.5) is 17.5 Å². The van der Waals surface area contributed by atoms with Gasteiger partial charge in [0.1, 0.15) is 6.20 Å². The summed E-state index contributed by atoms with van der Waals surface area (Å²) in [6.45, 7) is 3.28. The van der Waals surface area contributed by atoms with Crippen LogP contribution in [0.1, 0.15) is 13.3 Å². The van der Waals surface area contributed by atoms with Gasteiger partial charge in [-0.2, -0.15) is 4.98 Å². The van der Waals surface area contributed by atoms with Crippen LogP contribution in [-0.4, -0.2) is 34.1 Å². The first kappa shape index (κ1) is 12.5. The van der Waals surface area contributed by atoms with Gasteiger partial charge in [0.25, 0.3) is 0 Å². The Bertz CT molecular complexity index is 453. The molecule has 3 N–H and O–H groups in total. The van der Waals surface area contributed by atoms with Gasteiger partial charge in [-0.05, 0) is 13.3 Å². The van der Waals surface area contributed by atoms with Crippen molar-refractivity contribution < 1.29 is 9.66 Å². The summed E-state index contributed by atoms with van der Waals surface area (Å²) in [4.78, 5) is 17.8. The molecule has 0 aromatic carbocycles. The van der Waals surface area contributed by atoms with Crippen LogP contribution in [-0.2, 0) is 4.74 Å². The Labute approximate surface area is 104 Å². The summed E-state index contributed by atoms with van der Waals surface area (Å²) in [7, 11) is 0. The average molecular weight is 253 g/mol. The fourth-order valence-electron chi connectivity index (χ4n) is 1.92. The van der Waals surface area contributed by atoms with Gasteiger partial charge in [-0.15, -0.1) is 0 Å². The second-order valence-corrected chi connectivity index (χ2v) is 4.22. The molecule has 0 bridgehead atoms. The molecule has 0 saturated carbocycles. The lowest BCUT2D eigenvalue weighted by Crippen LogP contribution is -2.21. The molecule has 1 aliphatic rings. The van der Waals surface area contributed by atoms with Crippen molar-refractivity contribution in [3.63, 3.8) is 0 Å². The molecule has 2 atom stereocenters. The van der Waals surface area contributed by atoms with Gasteiger partial charge in [-0.1, -0.05) is 0 Å². The predicted octanol–water partition coefficient (Wildman–Crippen LogP) is 0.804. The van der Waals surface area contributed by atoms with E-state index >= 15 is 0 Å². The Morgan fingerprint density at radius 2 is 2.50 bits per heavy atom. The highest BCUT2D eigenvalue weighted by Gasteiger charge is 2.25. The number of nitrogen functional groups attached to an aromatic ring is 1. The molecule has 0 spiro atoms. The normalized spacial score (nSPS) is 22.9. The Kier molecular flexibility index (Phi) is 3.56. The van der Waals surface area contributed by atoms with Gasteiger partial charge in [0.2, 0.25) is 11.8 Å². The molecule has 1 aromatic heterocycles. The summed E-state index contributed by atoms with van der Waals surface area (Å²) in [5.41, 5.74) is 5.26. The summed E-state index contributed by atoms with van der Waals surface area (Å²) in [6, 6.07) is 0. The molecule has 98 valence electrons. The summed E-state index contributed by atoms with van der Waals surface area (Å²) in [5.74, 6) is 0.492. The van der Waals surface area contributed by atoms with E-state index in [1.807, 2.05) is 6.92 Å². The highest BCUT2D eigenvalue weighted by molar-refractivity contribution is 5.56. The fourth-order valence-corrected chi connectivity index (χ4v) is 1.92. The molecule has 8 heteroatoms. The predicted molar refractivity (Wildman–Crippen MR) is 65.1 cm³/mol. The van der Waals surface area contributed by atoms with E-state index in [0.717, 1.165) is 19.2 Å². The first-order chi connectivity index (χ1) is 8.58. The third kappa shape index (κ3) is 2.65. The maximum Gasteiger partial charge on any atom is 0.329 e. The number of aromatic nitrogens is 2. The largest absolute Gasteiger partial charge is 0.378 e. The zero-order valence-electron chi connectivity index (χ0n) is 10.00. The number of anilines is 2. The second kappa shape index (κ2) is 5.13. The van der Waals surface area contributed by atoms with Gasteiger partial charge < -0.3 is 15.8 Å². The molecule has 1 aromatic rings. The number of hydrogen-bond donors (Lipinski definition) is 2. The molecule has 0 aliphatic carbocycles. The van der Waals surface area contributed by atoms with Gasteiger partial charge in [0.05, 0.1) is 11.0 Å². The highest BCUT2D eigenvalue weighted by atomic mass is 16.6. The minimum absolute atomic E-state index is 0.0128. The van der Waals surface area contributed by atoms with Crippen molar-refractivity contribution in [3.8, 4) is 0 Å². The maximum absolute atomic E-state index is 10.8. The SMILES string of the molecule is CC1OCCC1CNc1nc(N)ncc1[N+](=O)[O-]. The van der Waals surface area contributed by atoms with Crippen LogP contribution < -0.4 is 11.1 Å². The number of nitrogens with two attached hydrogens (primary N) is 1. The summed E-state index contributed by atoms with van der Waals surface area (Å²) >= 11 is 0. The van der Waals surface area contributed by atoms with Crippen molar-refractivity contribution in [1.29, 1.82) is 0 Å². The van der Waals surface area contributed by atoms with Crippen molar-refractivity contribution >= 4 is 17.5 Å². The maximum atomic E-state index is 10.8. The Balaban J connectivity index is 2.08. The molecular weight excluding hydrogens is 238 g/mol. The van der Waals surface area contributed by atoms with E-state index in [-0.39, 0.29) is 23.6 Å². The number of nitro groups is 1. The highest BCUT2D eigenvalue weighted by Crippen LogP contribution is 2.24. The van der Waals surface area contributed by atoms with Crippen LogP contribution in [0.15, 0.2) is 6.20 Å². The van der Waals surface area contributed by atoms with E-state index in [9.17, 15) is 10.1 Å². The average Bonchev–Trinajstić information content (AvgIpc) is 2.72. The summed E-state index contributed by atoms with van der Waals surface area (Å²) < 4.78 is 5.42. The molecule has 1 saturated heterocycles. The van der Waals surface area contributed by atoms with E-state index in [0.29, 0.717) is 12.5 Å². The van der Waals surface area contributed by atoms with Gasteiger partial charge in [0.15, 0.2) is 0 Å². The van der Waals surface area contributed by atoms with Crippen molar-refractivity contribution in [3.05, 3.63) is 16.3 Å². The summed E-state index contributed by atoms with van der Waals surface area (Å²) in [5, 5.41) is 13.8. The van der Waals surface area contributed by atoms with Gasteiger partial charge in [-0.3, -0.25) is 10.1 Å². The quantitative estimate of drug-likeness (QED) is 0.602.